The van der Waals surface area contributed by atoms with Gasteiger partial charge in [0.2, 0.25) is 0 Å². The van der Waals surface area contributed by atoms with E-state index in [1.54, 1.807) is 7.11 Å². The molecule has 0 spiro atoms. The van der Waals surface area contributed by atoms with Crippen molar-refractivity contribution in [3.8, 4) is 0 Å². The summed E-state index contributed by atoms with van der Waals surface area (Å²) in [7, 11) is 1.71. The lowest BCUT2D eigenvalue weighted by Crippen LogP contribution is -2.31. The van der Waals surface area contributed by atoms with Gasteiger partial charge in [0.15, 0.2) is 0 Å². The van der Waals surface area contributed by atoms with Crippen molar-refractivity contribution in [2.45, 2.75) is 24.8 Å². The van der Waals surface area contributed by atoms with Crippen LogP contribution in [0.5, 0.6) is 0 Å². The van der Waals surface area contributed by atoms with Gasteiger partial charge in [-0.15, -0.1) is 0 Å². The second-order valence-electron chi connectivity index (χ2n) is 3.96. The molecule has 0 bridgehead atoms. The number of rotatable bonds is 3. The van der Waals surface area contributed by atoms with E-state index in [0.29, 0.717) is 12.5 Å². The summed E-state index contributed by atoms with van der Waals surface area (Å²) >= 11 is 0. The Labute approximate surface area is 85.1 Å². The van der Waals surface area contributed by atoms with Gasteiger partial charge in [0.25, 0.3) is 0 Å². The molecular formula is C12H17NO. The van der Waals surface area contributed by atoms with E-state index in [1.165, 1.54) is 17.5 Å². The summed E-state index contributed by atoms with van der Waals surface area (Å²) < 4.78 is 5.11. The topological polar surface area (TPSA) is 35.2 Å². The minimum absolute atomic E-state index is 0.142. The first-order chi connectivity index (χ1) is 6.83. The molecule has 2 rings (SSSR count). The summed E-state index contributed by atoms with van der Waals surface area (Å²) in [5.74, 6) is 0.492. The van der Waals surface area contributed by atoms with Crippen molar-refractivity contribution >= 4 is 0 Å². The molecule has 0 aliphatic heterocycles. The fraction of sp³-hybridized carbons (Fsp3) is 0.500. The standard InChI is InChI=1S/C12H17NO/c1-14-8-12(13)11-7-6-9-4-2-3-5-10(9)11/h2-5,11-12H,6-8,13H2,1H3. The van der Waals surface area contributed by atoms with Crippen LogP contribution in [-0.4, -0.2) is 19.8 Å². The molecule has 76 valence electrons. The maximum Gasteiger partial charge on any atom is 0.0619 e. The average molecular weight is 191 g/mol. The zero-order valence-electron chi connectivity index (χ0n) is 8.57. The largest absolute Gasteiger partial charge is 0.383 e. The molecule has 0 amide bonds. The maximum atomic E-state index is 6.08. The minimum Gasteiger partial charge on any atom is -0.383 e. The van der Waals surface area contributed by atoms with Crippen molar-refractivity contribution in [2.24, 2.45) is 5.73 Å². The average Bonchev–Trinajstić information content (AvgIpc) is 2.61. The Hall–Kier alpha value is -0.860. The maximum absolute atomic E-state index is 6.08. The van der Waals surface area contributed by atoms with Crippen LogP contribution in [0.15, 0.2) is 24.3 Å². The Morgan fingerprint density at radius 2 is 2.29 bits per heavy atom. The molecule has 1 aliphatic carbocycles. The van der Waals surface area contributed by atoms with Crippen molar-refractivity contribution in [2.75, 3.05) is 13.7 Å². The third kappa shape index (κ3) is 1.68. The van der Waals surface area contributed by atoms with Gasteiger partial charge < -0.3 is 10.5 Å². The first-order valence-electron chi connectivity index (χ1n) is 5.15. The normalized spacial score (nSPS) is 22.0. The van der Waals surface area contributed by atoms with Crippen molar-refractivity contribution in [1.29, 1.82) is 0 Å². The molecule has 2 N–H and O–H groups in total. The molecule has 0 fully saturated rings. The Morgan fingerprint density at radius 1 is 1.50 bits per heavy atom. The van der Waals surface area contributed by atoms with Gasteiger partial charge >= 0.3 is 0 Å². The van der Waals surface area contributed by atoms with E-state index in [2.05, 4.69) is 24.3 Å². The summed E-state index contributed by atoms with van der Waals surface area (Å²) in [4.78, 5) is 0. The summed E-state index contributed by atoms with van der Waals surface area (Å²) in [5, 5.41) is 0. The molecule has 2 heteroatoms. The highest BCUT2D eigenvalue weighted by atomic mass is 16.5. The molecule has 2 nitrogen and oxygen atoms in total. The number of hydrogen-bond acceptors (Lipinski definition) is 2. The smallest absolute Gasteiger partial charge is 0.0619 e. The van der Waals surface area contributed by atoms with Crippen LogP contribution in [-0.2, 0) is 11.2 Å². The SMILES string of the molecule is COCC(N)C1CCc2ccccc21. The molecule has 0 saturated carbocycles. The van der Waals surface area contributed by atoms with Crippen LogP contribution in [0.4, 0.5) is 0 Å². The number of benzene rings is 1. The highest BCUT2D eigenvalue weighted by molar-refractivity contribution is 5.35. The Bertz CT molecular complexity index is 311. The van der Waals surface area contributed by atoms with Gasteiger partial charge in [-0.2, -0.15) is 0 Å². The van der Waals surface area contributed by atoms with Gasteiger partial charge in [0.1, 0.15) is 0 Å². The fourth-order valence-corrected chi connectivity index (χ4v) is 2.34. The summed E-state index contributed by atoms with van der Waals surface area (Å²) in [6.07, 6.45) is 2.34. The molecule has 2 unspecified atom stereocenters. The zero-order valence-corrected chi connectivity index (χ0v) is 8.57. The summed E-state index contributed by atoms with van der Waals surface area (Å²) in [6, 6.07) is 8.74. The quantitative estimate of drug-likeness (QED) is 0.789. The van der Waals surface area contributed by atoms with Crippen LogP contribution in [0.2, 0.25) is 0 Å². The van der Waals surface area contributed by atoms with Crippen molar-refractivity contribution in [1.82, 2.24) is 0 Å². The molecule has 0 radical (unpaired) electrons. The Kier molecular flexibility index (Phi) is 2.85. The van der Waals surface area contributed by atoms with E-state index in [4.69, 9.17) is 10.5 Å². The number of aryl methyl sites for hydroxylation is 1. The van der Waals surface area contributed by atoms with Crippen LogP contribution in [0, 0.1) is 0 Å². The number of fused-ring (bicyclic) bond motifs is 1. The molecule has 1 aromatic rings. The number of nitrogens with two attached hydrogens (primary N) is 1. The lowest BCUT2D eigenvalue weighted by molar-refractivity contribution is 0.170. The lowest BCUT2D eigenvalue weighted by atomic mass is 9.94. The Morgan fingerprint density at radius 3 is 3.07 bits per heavy atom. The second-order valence-corrected chi connectivity index (χ2v) is 3.96. The number of methoxy groups -OCH3 is 1. The van der Waals surface area contributed by atoms with Crippen LogP contribution in [0.25, 0.3) is 0 Å². The molecule has 0 saturated heterocycles. The van der Waals surface area contributed by atoms with Crippen molar-refractivity contribution in [3.05, 3.63) is 35.4 Å². The first kappa shape index (κ1) is 9.69. The summed E-state index contributed by atoms with van der Waals surface area (Å²) in [5.41, 5.74) is 8.97. The predicted octanol–water partition coefficient (Wildman–Crippen LogP) is 1.69. The molecule has 1 aromatic carbocycles. The fourth-order valence-electron chi connectivity index (χ4n) is 2.34. The lowest BCUT2D eigenvalue weighted by Gasteiger charge is -2.19. The van der Waals surface area contributed by atoms with Crippen molar-refractivity contribution in [3.63, 3.8) is 0 Å². The number of hydrogen-bond donors (Lipinski definition) is 1. The van der Waals surface area contributed by atoms with Crippen LogP contribution >= 0.6 is 0 Å². The van der Waals surface area contributed by atoms with E-state index in [0.717, 1.165) is 6.42 Å². The van der Waals surface area contributed by atoms with Crippen LogP contribution in [0.3, 0.4) is 0 Å². The predicted molar refractivity (Wildman–Crippen MR) is 57.4 cm³/mol. The van der Waals surface area contributed by atoms with Crippen LogP contribution < -0.4 is 5.73 Å². The molecule has 0 aromatic heterocycles. The van der Waals surface area contributed by atoms with Gasteiger partial charge in [0.05, 0.1) is 6.61 Å². The monoisotopic (exact) mass is 191 g/mol. The van der Waals surface area contributed by atoms with Gasteiger partial charge in [-0.1, -0.05) is 24.3 Å². The van der Waals surface area contributed by atoms with E-state index in [1.807, 2.05) is 0 Å². The Balaban J connectivity index is 2.17. The van der Waals surface area contributed by atoms with Crippen molar-refractivity contribution < 1.29 is 4.74 Å². The highest BCUT2D eigenvalue weighted by Crippen LogP contribution is 2.34. The molecule has 0 heterocycles. The zero-order chi connectivity index (χ0) is 9.97. The van der Waals surface area contributed by atoms with Crippen LogP contribution in [0.1, 0.15) is 23.5 Å². The van der Waals surface area contributed by atoms with E-state index < -0.39 is 0 Å². The van der Waals surface area contributed by atoms with E-state index in [9.17, 15) is 0 Å². The first-order valence-corrected chi connectivity index (χ1v) is 5.15. The van der Waals surface area contributed by atoms with Gasteiger partial charge in [-0.05, 0) is 24.0 Å². The van der Waals surface area contributed by atoms with Gasteiger partial charge in [-0.3, -0.25) is 0 Å². The molecule has 14 heavy (non-hydrogen) atoms. The van der Waals surface area contributed by atoms with Gasteiger partial charge in [0, 0.05) is 19.1 Å². The highest BCUT2D eigenvalue weighted by Gasteiger charge is 2.26. The molecular weight excluding hydrogens is 174 g/mol. The molecule has 1 aliphatic rings. The molecule has 2 atom stereocenters. The third-order valence-electron chi connectivity index (χ3n) is 3.06. The van der Waals surface area contributed by atoms with E-state index in [-0.39, 0.29) is 6.04 Å². The number of ether oxygens (including phenoxy) is 1. The second kappa shape index (κ2) is 4.11. The van der Waals surface area contributed by atoms with E-state index >= 15 is 0 Å². The minimum atomic E-state index is 0.142. The van der Waals surface area contributed by atoms with Gasteiger partial charge in [-0.25, -0.2) is 0 Å². The third-order valence-corrected chi connectivity index (χ3v) is 3.06. The summed E-state index contributed by atoms with van der Waals surface area (Å²) in [6.45, 7) is 0.652.